The molecule has 6 heteroatoms. The molecule has 5 nitrogen and oxygen atoms in total. The molecule has 0 saturated heterocycles. The number of hydrogen-bond donors (Lipinski definition) is 1. The molecule has 0 atom stereocenters. The van der Waals surface area contributed by atoms with Gasteiger partial charge in [-0.3, -0.25) is 0 Å². The molecule has 0 spiro atoms. The van der Waals surface area contributed by atoms with Crippen LogP contribution in [0.2, 0.25) is 0 Å². The molecule has 2 aromatic rings. The van der Waals surface area contributed by atoms with Gasteiger partial charge in [-0.1, -0.05) is 22.5 Å². The molecular weight excluding hydrogens is 238 g/mol. The highest BCUT2D eigenvalue weighted by Crippen LogP contribution is 2.33. The van der Waals surface area contributed by atoms with Crippen LogP contribution in [0.1, 0.15) is 10.6 Å². The smallest absolute Gasteiger partial charge is 0.299 e. The molecular formula is C11H13N3O2S. The van der Waals surface area contributed by atoms with Crippen molar-refractivity contribution in [3.63, 3.8) is 0 Å². The molecule has 0 aliphatic carbocycles. The highest BCUT2D eigenvalue weighted by Gasteiger charge is 2.09. The van der Waals surface area contributed by atoms with E-state index in [1.165, 1.54) is 11.3 Å². The van der Waals surface area contributed by atoms with Crippen molar-refractivity contribution in [3.8, 4) is 16.7 Å². The summed E-state index contributed by atoms with van der Waals surface area (Å²) in [7, 11) is 1.60. The quantitative estimate of drug-likeness (QED) is 0.901. The van der Waals surface area contributed by atoms with E-state index in [1.807, 2.05) is 25.1 Å². The summed E-state index contributed by atoms with van der Waals surface area (Å²) in [6, 6.07) is 5.70. The summed E-state index contributed by atoms with van der Waals surface area (Å²) in [4.78, 5) is 0. The van der Waals surface area contributed by atoms with Gasteiger partial charge in [-0.25, -0.2) is 0 Å². The summed E-state index contributed by atoms with van der Waals surface area (Å²) >= 11 is 1.33. The Bertz CT molecular complexity index is 513. The zero-order chi connectivity index (χ0) is 12.3. The second-order valence-corrected chi connectivity index (χ2v) is 4.45. The fraction of sp³-hybridized carbons (Fsp3) is 0.273. The Balaban J connectivity index is 2.23. The van der Waals surface area contributed by atoms with Gasteiger partial charge in [0.2, 0.25) is 0 Å². The lowest BCUT2D eigenvalue weighted by atomic mass is 10.2. The minimum Gasteiger partial charge on any atom is -0.493 e. The van der Waals surface area contributed by atoms with Crippen molar-refractivity contribution in [2.24, 2.45) is 5.73 Å². The van der Waals surface area contributed by atoms with Gasteiger partial charge >= 0.3 is 0 Å². The maximum Gasteiger partial charge on any atom is 0.299 e. The zero-order valence-electron chi connectivity index (χ0n) is 9.64. The fourth-order valence-electron chi connectivity index (χ4n) is 1.32. The first-order valence-corrected chi connectivity index (χ1v) is 5.89. The van der Waals surface area contributed by atoms with Crippen molar-refractivity contribution < 1.29 is 9.47 Å². The van der Waals surface area contributed by atoms with E-state index < -0.39 is 0 Å². The van der Waals surface area contributed by atoms with E-state index in [9.17, 15) is 0 Å². The lowest BCUT2D eigenvalue weighted by Crippen LogP contribution is -1.94. The molecule has 17 heavy (non-hydrogen) atoms. The number of methoxy groups -OCH3 is 1. The van der Waals surface area contributed by atoms with Gasteiger partial charge in [-0.2, -0.15) is 0 Å². The van der Waals surface area contributed by atoms with Crippen molar-refractivity contribution in [1.82, 2.24) is 10.2 Å². The minimum absolute atomic E-state index is 0.367. The van der Waals surface area contributed by atoms with E-state index in [2.05, 4.69) is 10.2 Å². The highest BCUT2D eigenvalue weighted by atomic mass is 32.1. The number of aromatic nitrogens is 2. The van der Waals surface area contributed by atoms with Gasteiger partial charge in [0.1, 0.15) is 5.01 Å². The van der Waals surface area contributed by atoms with Crippen LogP contribution in [0.25, 0.3) is 0 Å². The van der Waals surface area contributed by atoms with Gasteiger partial charge in [0.05, 0.1) is 7.11 Å². The van der Waals surface area contributed by atoms with Gasteiger partial charge in [-0.15, -0.1) is 5.10 Å². The Hall–Kier alpha value is -1.66. The molecule has 0 radical (unpaired) electrons. The van der Waals surface area contributed by atoms with Crippen LogP contribution in [0.5, 0.6) is 16.7 Å². The molecule has 1 heterocycles. The molecule has 1 aromatic carbocycles. The van der Waals surface area contributed by atoms with Crippen LogP contribution in [0.15, 0.2) is 18.2 Å². The molecule has 0 bridgehead atoms. The molecule has 0 aliphatic heterocycles. The third-order valence-corrected chi connectivity index (χ3v) is 2.96. The molecule has 2 rings (SSSR count). The Morgan fingerprint density at radius 2 is 2.12 bits per heavy atom. The first kappa shape index (κ1) is 11.8. The van der Waals surface area contributed by atoms with Gasteiger partial charge in [0.25, 0.3) is 5.19 Å². The van der Waals surface area contributed by atoms with Crippen molar-refractivity contribution in [1.29, 1.82) is 0 Å². The topological polar surface area (TPSA) is 70.3 Å². The fourth-order valence-corrected chi connectivity index (χ4v) is 1.89. The maximum atomic E-state index is 5.60. The van der Waals surface area contributed by atoms with Crippen LogP contribution >= 0.6 is 11.3 Å². The third-order valence-electron chi connectivity index (χ3n) is 2.14. The van der Waals surface area contributed by atoms with Crippen molar-refractivity contribution in [2.45, 2.75) is 13.5 Å². The Morgan fingerprint density at radius 1 is 1.29 bits per heavy atom. The molecule has 2 N–H and O–H groups in total. The number of nitrogens with two attached hydrogens (primary N) is 1. The first-order chi connectivity index (χ1) is 8.22. The van der Waals surface area contributed by atoms with E-state index in [-0.39, 0.29) is 0 Å². The first-order valence-electron chi connectivity index (χ1n) is 5.08. The molecule has 1 aromatic heterocycles. The van der Waals surface area contributed by atoms with E-state index >= 15 is 0 Å². The lowest BCUT2D eigenvalue weighted by Gasteiger charge is -2.08. The summed E-state index contributed by atoms with van der Waals surface area (Å²) in [5, 5.41) is 8.98. The summed E-state index contributed by atoms with van der Waals surface area (Å²) in [5.41, 5.74) is 6.57. The highest BCUT2D eigenvalue weighted by molar-refractivity contribution is 7.13. The van der Waals surface area contributed by atoms with Crippen molar-refractivity contribution >= 4 is 11.3 Å². The predicted molar refractivity (Wildman–Crippen MR) is 65.6 cm³/mol. The number of nitrogens with zero attached hydrogens (tertiary/aromatic N) is 2. The summed E-state index contributed by atoms with van der Waals surface area (Å²) < 4.78 is 10.8. The maximum absolute atomic E-state index is 5.60. The van der Waals surface area contributed by atoms with E-state index in [0.717, 1.165) is 10.6 Å². The number of benzene rings is 1. The van der Waals surface area contributed by atoms with Crippen molar-refractivity contribution in [2.75, 3.05) is 7.11 Å². The second kappa shape index (κ2) is 5.11. The Morgan fingerprint density at radius 3 is 2.76 bits per heavy atom. The molecule has 0 unspecified atom stereocenters. The van der Waals surface area contributed by atoms with Gasteiger partial charge in [0, 0.05) is 6.54 Å². The van der Waals surface area contributed by atoms with Crippen molar-refractivity contribution in [3.05, 3.63) is 28.8 Å². The third kappa shape index (κ3) is 2.72. The van der Waals surface area contributed by atoms with E-state index in [1.54, 1.807) is 7.11 Å². The van der Waals surface area contributed by atoms with Gasteiger partial charge in [-0.05, 0) is 24.6 Å². The number of rotatable bonds is 4. The van der Waals surface area contributed by atoms with E-state index in [4.69, 9.17) is 15.2 Å². The molecule has 0 amide bonds. The Labute approximate surface area is 103 Å². The monoisotopic (exact) mass is 251 g/mol. The van der Waals surface area contributed by atoms with Crippen LogP contribution in [-0.4, -0.2) is 17.3 Å². The largest absolute Gasteiger partial charge is 0.493 e. The lowest BCUT2D eigenvalue weighted by molar-refractivity contribution is 0.377. The predicted octanol–water partition coefficient (Wildman–Crippen LogP) is 2.11. The van der Waals surface area contributed by atoms with Crippen LogP contribution in [0, 0.1) is 6.92 Å². The molecule has 0 fully saturated rings. The standard InChI is InChI=1S/C11H13N3O2S/c1-7-3-4-8(9(5-7)15-2)16-11-14-13-10(6-12)17-11/h3-5H,6,12H2,1-2H3. The molecule has 0 saturated carbocycles. The van der Waals surface area contributed by atoms with Crippen LogP contribution in [-0.2, 0) is 6.54 Å². The summed E-state index contributed by atoms with van der Waals surface area (Å²) in [5.74, 6) is 1.30. The average molecular weight is 251 g/mol. The van der Waals surface area contributed by atoms with Gasteiger partial charge in [0.15, 0.2) is 11.5 Å². The summed E-state index contributed by atoms with van der Waals surface area (Å²) in [6.07, 6.45) is 0. The number of ether oxygens (including phenoxy) is 2. The minimum atomic E-state index is 0.367. The van der Waals surface area contributed by atoms with Gasteiger partial charge < -0.3 is 15.2 Å². The Kier molecular flexibility index (Phi) is 3.55. The number of aryl methyl sites for hydroxylation is 1. The number of hydrogen-bond acceptors (Lipinski definition) is 6. The second-order valence-electron chi connectivity index (χ2n) is 3.42. The zero-order valence-corrected chi connectivity index (χ0v) is 10.5. The normalized spacial score (nSPS) is 10.3. The van der Waals surface area contributed by atoms with Crippen LogP contribution in [0.4, 0.5) is 0 Å². The van der Waals surface area contributed by atoms with Crippen LogP contribution < -0.4 is 15.2 Å². The average Bonchev–Trinajstić information content (AvgIpc) is 2.79. The van der Waals surface area contributed by atoms with Crippen LogP contribution in [0.3, 0.4) is 0 Å². The van der Waals surface area contributed by atoms with E-state index in [0.29, 0.717) is 23.2 Å². The summed E-state index contributed by atoms with van der Waals surface area (Å²) in [6.45, 7) is 2.36. The molecule has 0 aliphatic rings. The SMILES string of the molecule is COc1cc(C)ccc1Oc1nnc(CN)s1. The molecule has 90 valence electrons.